The Morgan fingerprint density at radius 1 is 1.00 bits per heavy atom. The van der Waals surface area contributed by atoms with Gasteiger partial charge in [0, 0.05) is 37.3 Å². The fourth-order valence-electron chi connectivity index (χ4n) is 3.52. The molecule has 2 aromatic rings. The van der Waals surface area contributed by atoms with Crippen molar-refractivity contribution in [1.29, 1.82) is 0 Å². The third-order valence-corrected chi connectivity index (χ3v) is 7.22. The number of hydrogen-bond acceptors (Lipinski definition) is 5. The van der Waals surface area contributed by atoms with Gasteiger partial charge in [-0.3, -0.25) is 9.59 Å². The Balaban J connectivity index is 1.49. The molecule has 0 aromatic heterocycles. The maximum Gasteiger partial charge on any atom is 0.251 e. The van der Waals surface area contributed by atoms with E-state index in [1.807, 2.05) is 0 Å². The summed E-state index contributed by atoms with van der Waals surface area (Å²) in [6, 6.07) is 12.9. The number of carbonyl (C=O) groups is 2. The van der Waals surface area contributed by atoms with Gasteiger partial charge in [-0.05, 0) is 55.3 Å². The summed E-state index contributed by atoms with van der Waals surface area (Å²) in [7, 11) is -2.00. The minimum absolute atomic E-state index is 0.0868. The minimum Gasteiger partial charge on any atom is -0.497 e. The number of benzene rings is 2. The van der Waals surface area contributed by atoms with E-state index >= 15 is 0 Å². The van der Waals surface area contributed by atoms with E-state index in [1.54, 1.807) is 40.7 Å². The molecule has 0 spiro atoms. The first-order valence-electron chi connectivity index (χ1n) is 10.7. The SMILES string of the molecule is COc1cccc(C(=O)NCCC(=O)Nc2ccc(S(=O)(=O)N3CCCCCC3)cc2)c1. The highest BCUT2D eigenvalue weighted by Crippen LogP contribution is 2.22. The zero-order valence-corrected chi connectivity index (χ0v) is 19.0. The van der Waals surface area contributed by atoms with Gasteiger partial charge in [0.05, 0.1) is 12.0 Å². The van der Waals surface area contributed by atoms with Crippen molar-refractivity contribution in [2.75, 3.05) is 32.1 Å². The average molecular weight is 460 g/mol. The Bertz CT molecular complexity index is 1030. The number of anilines is 1. The van der Waals surface area contributed by atoms with Gasteiger partial charge in [0.25, 0.3) is 5.91 Å². The van der Waals surface area contributed by atoms with Crippen LogP contribution in [-0.4, -0.2) is 51.3 Å². The number of amides is 2. The van der Waals surface area contributed by atoms with Gasteiger partial charge in [-0.2, -0.15) is 4.31 Å². The molecule has 2 aromatic carbocycles. The number of carbonyl (C=O) groups excluding carboxylic acids is 2. The quantitative estimate of drug-likeness (QED) is 0.631. The first-order chi connectivity index (χ1) is 15.4. The van der Waals surface area contributed by atoms with E-state index in [0.717, 1.165) is 25.7 Å². The number of ether oxygens (including phenoxy) is 1. The molecular formula is C23H29N3O5S. The van der Waals surface area contributed by atoms with Gasteiger partial charge in [0.1, 0.15) is 5.75 Å². The Labute approximate surface area is 189 Å². The molecule has 0 atom stereocenters. The van der Waals surface area contributed by atoms with Crippen molar-refractivity contribution in [2.24, 2.45) is 0 Å². The molecule has 0 unspecified atom stereocenters. The van der Waals surface area contributed by atoms with Crippen LogP contribution in [0.3, 0.4) is 0 Å². The molecule has 1 heterocycles. The first kappa shape index (κ1) is 23.7. The molecule has 0 saturated carbocycles. The molecule has 32 heavy (non-hydrogen) atoms. The summed E-state index contributed by atoms with van der Waals surface area (Å²) in [5, 5.41) is 5.42. The van der Waals surface area contributed by atoms with E-state index in [4.69, 9.17) is 4.74 Å². The maximum absolute atomic E-state index is 12.8. The zero-order chi connectivity index (χ0) is 23.0. The van der Waals surface area contributed by atoms with Gasteiger partial charge in [0.15, 0.2) is 0 Å². The Morgan fingerprint density at radius 2 is 1.69 bits per heavy atom. The van der Waals surface area contributed by atoms with E-state index < -0.39 is 10.0 Å². The number of hydrogen-bond donors (Lipinski definition) is 2. The minimum atomic E-state index is -3.52. The van der Waals surface area contributed by atoms with Crippen LogP contribution in [0.4, 0.5) is 5.69 Å². The van der Waals surface area contributed by atoms with Crippen LogP contribution in [-0.2, 0) is 14.8 Å². The van der Waals surface area contributed by atoms with Gasteiger partial charge >= 0.3 is 0 Å². The van der Waals surface area contributed by atoms with Crippen LogP contribution in [0, 0.1) is 0 Å². The normalized spacial score (nSPS) is 14.9. The lowest BCUT2D eigenvalue weighted by Gasteiger charge is -2.20. The van der Waals surface area contributed by atoms with Crippen molar-refractivity contribution in [1.82, 2.24) is 9.62 Å². The lowest BCUT2D eigenvalue weighted by atomic mass is 10.2. The third kappa shape index (κ3) is 6.30. The number of rotatable bonds is 8. The van der Waals surface area contributed by atoms with Crippen LogP contribution in [0.1, 0.15) is 42.5 Å². The molecule has 3 rings (SSSR count). The highest BCUT2D eigenvalue weighted by Gasteiger charge is 2.25. The molecule has 1 fully saturated rings. The van der Waals surface area contributed by atoms with E-state index in [9.17, 15) is 18.0 Å². The Hall–Kier alpha value is -2.91. The molecule has 9 heteroatoms. The predicted octanol–water partition coefficient (Wildman–Crippen LogP) is 3.02. The number of methoxy groups -OCH3 is 1. The first-order valence-corrected chi connectivity index (χ1v) is 12.2. The number of nitrogens with one attached hydrogen (secondary N) is 2. The van der Waals surface area contributed by atoms with Crippen molar-refractivity contribution in [3.05, 3.63) is 54.1 Å². The monoisotopic (exact) mass is 459 g/mol. The van der Waals surface area contributed by atoms with Gasteiger partial charge in [0.2, 0.25) is 15.9 Å². The van der Waals surface area contributed by atoms with Gasteiger partial charge < -0.3 is 15.4 Å². The highest BCUT2D eigenvalue weighted by molar-refractivity contribution is 7.89. The average Bonchev–Trinajstić information content (AvgIpc) is 3.10. The summed E-state index contributed by atoms with van der Waals surface area (Å²) in [5.74, 6) is 0.00976. The summed E-state index contributed by atoms with van der Waals surface area (Å²) in [5.41, 5.74) is 0.954. The van der Waals surface area contributed by atoms with E-state index in [-0.39, 0.29) is 29.7 Å². The summed E-state index contributed by atoms with van der Waals surface area (Å²) in [6.07, 6.45) is 3.95. The molecule has 1 saturated heterocycles. The van der Waals surface area contributed by atoms with Gasteiger partial charge in [-0.15, -0.1) is 0 Å². The molecule has 2 amide bonds. The van der Waals surface area contributed by atoms with Crippen LogP contribution in [0.15, 0.2) is 53.4 Å². The topological polar surface area (TPSA) is 105 Å². The van der Waals surface area contributed by atoms with Crippen molar-refractivity contribution in [2.45, 2.75) is 37.0 Å². The molecule has 0 aliphatic carbocycles. The molecule has 2 N–H and O–H groups in total. The lowest BCUT2D eigenvalue weighted by Crippen LogP contribution is -2.31. The fourth-order valence-corrected chi connectivity index (χ4v) is 5.04. The second-order valence-electron chi connectivity index (χ2n) is 7.63. The van der Waals surface area contributed by atoms with Crippen LogP contribution < -0.4 is 15.4 Å². The van der Waals surface area contributed by atoms with E-state index in [2.05, 4.69) is 10.6 Å². The van der Waals surface area contributed by atoms with Gasteiger partial charge in [-0.1, -0.05) is 18.9 Å². The van der Waals surface area contributed by atoms with Crippen LogP contribution in [0.25, 0.3) is 0 Å². The molecule has 8 nitrogen and oxygen atoms in total. The smallest absolute Gasteiger partial charge is 0.251 e. The molecule has 1 aliphatic rings. The summed E-state index contributed by atoms with van der Waals surface area (Å²) >= 11 is 0. The number of sulfonamides is 1. The van der Waals surface area contributed by atoms with Crippen molar-refractivity contribution < 1.29 is 22.7 Å². The molecule has 0 radical (unpaired) electrons. The second-order valence-corrected chi connectivity index (χ2v) is 9.57. The second kappa shape index (κ2) is 11.1. The van der Waals surface area contributed by atoms with E-state index in [1.165, 1.54) is 19.2 Å². The summed E-state index contributed by atoms with van der Waals surface area (Å²) in [6.45, 7) is 1.26. The van der Waals surface area contributed by atoms with Gasteiger partial charge in [-0.25, -0.2) is 8.42 Å². The molecule has 1 aliphatic heterocycles. The third-order valence-electron chi connectivity index (χ3n) is 5.31. The highest BCUT2D eigenvalue weighted by atomic mass is 32.2. The van der Waals surface area contributed by atoms with Crippen LogP contribution in [0.2, 0.25) is 0 Å². The summed E-state index contributed by atoms with van der Waals surface area (Å²) in [4.78, 5) is 24.6. The molecule has 172 valence electrons. The van der Waals surface area contributed by atoms with Crippen molar-refractivity contribution in [3.63, 3.8) is 0 Å². The molecule has 0 bridgehead atoms. The largest absolute Gasteiger partial charge is 0.497 e. The van der Waals surface area contributed by atoms with E-state index in [0.29, 0.717) is 30.1 Å². The Kier molecular flexibility index (Phi) is 8.24. The van der Waals surface area contributed by atoms with Crippen LogP contribution in [0.5, 0.6) is 5.75 Å². The fraction of sp³-hybridized carbons (Fsp3) is 0.391. The predicted molar refractivity (Wildman–Crippen MR) is 122 cm³/mol. The Morgan fingerprint density at radius 3 is 2.34 bits per heavy atom. The maximum atomic E-state index is 12.8. The lowest BCUT2D eigenvalue weighted by molar-refractivity contribution is -0.116. The summed E-state index contributed by atoms with van der Waals surface area (Å²) < 4.78 is 32.3. The van der Waals surface area contributed by atoms with Crippen molar-refractivity contribution >= 4 is 27.5 Å². The molecular weight excluding hydrogens is 430 g/mol. The van der Waals surface area contributed by atoms with Crippen molar-refractivity contribution in [3.8, 4) is 5.75 Å². The zero-order valence-electron chi connectivity index (χ0n) is 18.2. The number of nitrogens with zero attached hydrogens (tertiary/aromatic N) is 1. The van der Waals surface area contributed by atoms with Crippen LogP contribution >= 0.6 is 0 Å². The standard InChI is InChI=1S/C23H29N3O5S/c1-31-20-8-6-7-18(17-20)23(28)24-14-13-22(27)25-19-9-11-21(12-10-19)32(29,30)26-15-4-2-3-5-16-26/h6-12,17H,2-5,13-16H2,1H3,(H,24,28)(H,25,27).